The monoisotopic (exact) mass is 367 g/mol. The van der Waals surface area contributed by atoms with Gasteiger partial charge in [-0.1, -0.05) is 36.4 Å². The topological polar surface area (TPSA) is 26.8 Å². The second kappa shape index (κ2) is 7.69. The lowest BCUT2D eigenvalue weighted by Crippen LogP contribution is -2.51. The first kappa shape index (κ1) is 18.0. The SMILES string of the molecule is CN(CC(=O)N1CCN(c2ccccc2F)CC1)C1CCc2ccccc21. The van der Waals surface area contributed by atoms with Crippen molar-refractivity contribution in [2.45, 2.75) is 18.9 Å². The summed E-state index contributed by atoms with van der Waals surface area (Å²) in [7, 11) is 2.04. The van der Waals surface area contributed by atoms with E-state index in [1.54, 1.807) is 12.1 Å². The fourth-order valence-corrected chi connectivity index (χ4v) is 4.32. The van der Waals surface area contributed by atoms with E-state index in [2.05, 4.69) is 29.2 Å². The molecule has 1 amide bonds. The molecule has 142 valence electrons. The standard InChI is InChI=1S/C22H26FN3O/c1-24(20-11-10-17-6-2-3-7-18(17)20)16-22(27)26-14-12-25(13-15-26)21-9-5-4-8-19(21)23/h2-9,20H,10-16H2,1H3. The lowest BCUT2D eigenvalue weighted by Gasteiger charge is -2.37. The Bertz CT molecular complexity index is 817. The number of fused-ring (bicyclic) bond motifs is 1. The molecule has 0 saturated carbocycles. The Balaban J connectivity index is 1.33. The normalized spacial score (nSPS) is 19.4. The van der Waals surface area contributed by atoms with Crippen LogP contribution >= 0.6 is 0 Å². The van der Waals surface area contributed by atoms with E-state index < -0.39 is 0 Å². The minimum Gasteiger partial charge on any atom is -0.366 e. The molecule has 1 aliphatic heterocycles. The Morgan fingerprint density at radius 1 is 1.07 bits per heavy atom. The van der Waals surface area contributed by atoms with Crippen molar-refractivity contribution in [1.82, 2.24) is 9.80 Å². The highest BCUT2D eigenvalue weighted by Gasteiger charge is 2.29. The Labute approximate surface area is 160 Å². The largest absolute Gasteiger partial charge is 0.366 e. The number of carbonyl (C=O) groups excluding carboxylic acids is 1. The van der Waals surface area contributed by atoms with Crippen molar-refractivity contribution in [3.63, 3.8) is 0 Å². The second-order valence-corrected chi connectivity index (χ2v) is 7.49. The molecule has 0 bridgehead atoms. The first-order chi connectivity index (χ1) is 13.1. The highest BCUT2D eigenvalue weighted by molar-refractivity contribution is 5.78. The summed E-state index contributed by atoms with van der Waals surface area (Å²) < 4.78 is 14.0. The van der Waals surface area contributed by atoms with Crippen molar-refractivity contribution in [1.29, 1.82) is 0 Å². The van der Waals surface area contributed by atoms with Gasteiger partial charge in [-0.05, 0) is 43.1 Å². The van der Waals surface area contributed by atoms with Gasteiger partial charge in [-0.3, -0.25) is 9.69 Å². The van der Waals surface area contributed by atoms with E-state index in [9.17, 15) is 9.18 Å². The average Bonchev–Trinajstić information content (AvgIpc) is 3.13. The van der Waals surface area contributed by atoms with Crippen LogP contribution in [0.1, 0.15) is 23.6 Å². The minimum absolute atomic E-state index is 0.162. The summed E-state index contributed by atoms with van der Waals surface area (Å²) in [6.07, 6.45) is 2.16. The Morgan fingerprint density at radius 2 is 1.78 bits per heavy atom. The van der Waals surface area contributed by atoms with Crippen LogP contribution in [-0.2, 0) is 11.2 Å². The van der Waals surface area contributed by atoms with Crippen molar-refractivity contribution < 1.29 is 9.18 Å². The number of para-hydroxylation sites is 1. The van der Waals surface area contributed by atoms with Gasteiger partial charge < -0.3 is 9.80 Å². The number of carbonyl (C=O) groups is 1. The van der Waals surface area contributed by atoms with Gasteiger partial charge in [-0.25, -0.2) is 4.39 Å². The fourth-order valence-electron chi connectivity index (χ4n) is 4.32. The predicted octanol–water partition coefficient (Wildman–Crippen LogP) is 3.09. The third-order valence-corrected chi connectivity index (χ3v) is 5.84. The van der Waals surface area contributed by atoms with Crippen LogP contribution in [0.5, 0.6) is 0 Å². The quantitative estimate of drug-likeness (QED) is 0.831. The zero-order valence-electron chi connectivity index (χ0n) is 15.8. The van der Waals surface area contributed by atoms with Crippen LogP contribution in [0.25, 0.3) is 0 Å². The molecule has 1 saturated heterocycles. The molecule has 0 N–H and O–H groups in total. The van der Waals surface area contributed by atoms with E-state index in [-0.39, 0.29) is 11.7 Å². The van der Waals surface area contributed by atoms with Gasteiger partial charge in [0.2, 0.25) is 5.91 Å². The molecule has 1 unspecified atom stereocenters. The van der Waals surface area contributed by atoms with Gasteiger partial charge in [0.15, 0.2) is 0 Å². The summed E-state index contributed by atoms with van der Waals surface area (Å²) in [5, 5.41) is 0. The Kier molecular flexibility index (Phi) is 5.12. The minimum atomic E-state index is -0.197. The van der Waals surface area contributed by atoms with Crippen molar-refractivity contribution in [3.8, 4) is 0 Å². The Hall–Kier alpha value is -2.40. The molecule has 0 aromatic heterocycles. The van der Waals surface area contributed by atoms with Crippen LogP contribution in [0.15, 0.2) is 48.5 Å². The fraction of sp³-hybridized carbons (Fsp3) is 0.409. The number of benzene rings is 2. The molecule has 1 fully saturated rings. The van der Waals surface area contributed by atoms with Crippen LogP contribution in [0, 0.1) is 5.82 Å². The number of hydrogen-bond acceptors (Lipinski definition) is 3. The third-order valence-electron chi connectivity index (χ3n) is 5.84. The maximum atomic E-state index is 14.0. The molecule has 1 aliphatic carbocycles. The van der Waals surface area contributed by atoms with Crippen molar-refractivity contribution in [3.05, 3.63) is 65.5 Å². The third kappa shape index (κ3) is 3.69. The van der Waals surface area contributed by atoms with E-state index in [0.29, 0.717) is 44.5 Å². The number of anilines is 1. The molecular formula is C22H26FN3O. The lowest BCUT2D eigenvalue weighted by atomic mass is 10.1. The number of nitrogens with zero attached hydrogens (tertiary/aromatic N) is 3. The molecule has 0 radical (unpaired) electrons. The van der Waals surface area contributed by atoms with Crippen LogP contribution in [0.2, 0.25) is 0 Å². The summed E-state index contributed by atoms with van der Waals surface area (Å²) in [5.74, 6) is -0.0352. The van der Waals surface area contributed by atoms with Crippen LogP contribution in [-0.4, -0.2) is 55.5 Å². The highest BCUT2D eigenvalue weighted by Crippen LogP contribution is 2.34. The summed E-state index contributed by atoms with van der Waals surface area (Å²) in [5.41, 5.74) is 3.39. The summed E-state index contributed by atoms with van der Waals surface area (Å²) in [6, 6.07) is 15.7. The van der Waals surface area contributed by atoms with E-state index in [1.807, 2.05) is 22.9 Å². The molecule has 5 heteroatoms. The molecule has 4 rings (SSSR count). The number of aryl methyl sites for hydroxylation is 1. The van der Waals surface area contributed by atoms with E-state index >= 15 is 0 Å². The smallest absolute Gasteiger partial charge is 0.236 e. The molecule has 0 spiro atoms. The van der Waals surface area contributed by atoms with Gasteiger partial charge >= 0.3 is 0 Å². The molecule has 2 aliphatic rings. The van der Waals surface area contributed by atoms with E-state index in [1.165, 1.54) is 17.2 Å². The van der Waals surface area contributed by atoms with Crippen molar-refractivity contribution in [2.75, 3.05) is 44.7 Å². The predicted molar refractivity (Wildman–Crippen MR) is 105 cm³/mol. The number of piperazine rings is 1. The molecule has 1 heterocycles. The number of amides is 1. The maximum Gasteiger partial charge on any atom is 0.236 e. The molecule has 27 heavy (non-hydrogen) atoms. The van der Waals surface area contributed by atoms with Crippen LogP contribution in [0.3, 0.4) is 0 Å². The summed E-state index contributed by atoms with van der Waals surface area (Å²) >= 11 is 0. The molecule has 2 aromatic rings. The van der Waals surface area contributed by atoms with Crippen molar-refractivity contribution >= 4 is 11.6 Å². The van der Waals surface area contributed by atoms with Gasteiger partial charge in [0.25, 0.3) is 0 Å². The van der Waals surface area contributed by atoms with Crippen LogP contribution < -0.4 is 4.90 Å². The lowest BCUT2D eigenvalue weighted by molar-refractivity contribution is -0.132. The number of likely N-dealkylation sites (N-methyl/N-ethyl adjacent to an activating group) is 1. The van der Waals surface area contributed by atoms with Crippen LogP contribution in [0.4, 0.5) is 10.1 Å². The average molecular weight is 367 g/mol. The number of halogens is 1. The van der Waals surface area contributed by atoms with E-state index in [0.717, 1.165) is 12.8 Å². The number of rotatable bonds is 4. The first-order valence-corrected chi connectivity index (χ1v) is 9.69. The summed E-state index contributed by atoms with van der Waals surface area (Å²) in [6.45, 7) is 3.05. The van der Waals surface area contributed by atoms with Gasteiger partial charge in [0.05, 0.1) is 12.2 Å². The highest BCUT2D eigenvalue weighted by atomic mass is 19.1. The van der Waals surface area contributed by atoms with Gasteiger partial charge in [0.1, 0.15) is 5.82 Å². The number of hydrogen-bond donors (Lipinski definition) is 0. The molecular weight excluding hydrogens is 341 g/mol. The van der Waals surface area contributed by atoms with Gasteiger partial charge in [0, 0.05) is 32.2 Å². The molecule has 2 aromatic carbocycles. The zero-order chi connectivity index (χ0) is 18.8. The maximum absolute atomic E-state index is 14.0. The summed E-state index contributed by atoms with van der Waals surface area (Å²) in [4.78, 5) is 18.9. The van der Waals surface area contributed by atoms with Gasteiger partial charge in [-0.15, -0.1) is 0 Å². The Morgan fingerprint density at radius 3 is 2.56 bits per heavy atom. The van der Waals surface area contributed by atoms with Gasteiger partial charge in [-0.2, -0.15) is 0 Å². The van der Waals surface area contributed by atoms with E-state index in [4.69, 9.17) is 0 Å². The first-order valence-electron chi connectivity index (χ1n) is 9.69. The van der Waals surface area contributed by atoms with Crippen molar-refractivity contribution in [2.24, 2.45) is 0 Å². The molecule has 1 atom stereocenters. The zero-order valence-corrected chi connectivity index (χ0v) is 15.8. The molecule has 4 nitrogen and oxygen atoms in total. The second-order valence-electron chi connectivity index (χ2n) is 7.49.